The predicted octanol–water partition coefficient (Wildman–Crippen LogP) is 4.98. The molecule has 3 aromatic rings. The first-order chi connectivity index (χ1) is 18.6. The van der Waals surface area contributed by atoms with Gasteiger partial charge >= 0.3 is 6.18 Å². The Balaban J connectivity index is 1.46. The topological polar surface area (TPSA) is 105 Å². The van der Waals surface area contributed by atoms with Crippen molar-refractivity contribution in [3.63, 3.8) is 0 Å². The number of nitrogens with zero attached hydrogens (tertiary/aromatic N) is 2. The van der Waals surface area contributed by atoms with Crippen LogP contribution in [-0.4, -0.2) is 46.4 Å². The molecule has 208 valence electrons. The van der Waals surface area contributed by atoms with E-state index in [1.54, 1.807) is 36.1 Å². The molecule has 1 aliphatic heterocycles. The van der Waals surface area contributed by atoms with Crippen LogP contribution in [0.4, 0.5) is 13.2 Å². The second-order valence-corrected chi connectivity index (χ2v) is 9.70. The summed E-state index contributed by atoms with van der Waals surface area (Å²) in [6.07, 6.45) is -5.11. The minimum absolute atomic E-state index is 0.149. The summed E-state index contributed by atoms with van der Waals surface area (Å²) in [6, 6.07) is 14.5. The first-order valence-electron chi connectivity index (χ1n) is 13.0. The Kier molecular flexibility index (Phi) is 8.88. The quantitative estimate of drug-likeness (QED) is 0.375. The van der Waals surface area contributed by atoms with Gasteiger partial charge in [-0.2, -0.15) is 13.2 Å². The molecule has 2 aromatic carbocycles. The molecule has 3 atom stereocenters. The second-order valence-electron chi connectivity index (χ2n) is 9.70. The fraction of sp³-hybridized carbons (Fsp3) is 0.429. The molecule has 4 rings (SSSR count). The molecule has 2 heterocycles. The highest BCUT2D eigenvalue weighted by atomic mass is 19.4. The van der Waals surface area contributed by atoms with Gasteiger partial charge in [-0.15, -0.1) is 0 Å². The molecule has 3 amide bonds. The number of nitrogens with one attached hydrogen (secondary N) is 2. The SMILES string of the molecule is C[C@H](NC(=O)[C@H](CC(=O)N1CCC[C@@H]1c1ccccc1)NC(=O)CCCC(F)(F)F)c1nc2ccccc2o1. The Morgan fingerprint density at radius 3 is 2.51 bits per heavy atom. The summed E-state index contributed by atoms with van der Waals surface area (Å²) in [6.45, 7) is 2.16. The third-order valence-corrected chi connectivity index (χ3v) is 6.69. The number of benzene rings is 2. The molecule has 0 bridgehead atoms. The van der Waals surface area contributed by atoms with Gasteiger partial charge in [0.15, 0.2) is 5.58 Å². The number of hydrogen-bond donors (Lipinski definition) is 2. The number of halogens is 3. The third kappa shape index (κ3) is 7.58. The van der Waals surface area contributed by atoms with Gasteiger partial charge in [-0.25, -0.2) is 4.98 Å². The van der Waals surface area contributed by atoms with Crippen molar-refractivity contribution < 1.29 is 32.0 Å². The van der Waals surface area contributed by atoms with Gasteiger partial charge in [0.2, 0.25) is 23.6 Å². The van der Waals surface area contributed by atoms with Gasteiger partial charge in [-0.1, -0.05) is 42.5 Å². The summed E-state index contributed by atoms with van der Waals surface area (Å²) in [7, 11) is 0. The average molecular weight is 545 g/mol. The molecular weight excluding hydrogens is 513 g/mol. The van der Waals surface area contributed by atoms with E-state index in [1.165, 1.54) is 0 Å². The highest BCUT2D eigenvalue weighted by Gasteiger charge is 2.34. The van der Waals surface area contributed by atoms with Crippen molar-refractivity contribution in [1.29, 1.82) is 0 Å². The van der Waals surface area contributed by atoms with Crippen LogP contribution in [0.25, 0.3) is 11.1 Å². The maximum atomic E-state index is 13.4. The summed E-state index contributed by atoms with van der Waals surface area (Å²) in [5.41, 5.74) is 2.13. The van der Waals surface area contributed by atoms with E-state index in [0.717, 1.165) is 18.4 Å². The maximum Gasteiger partial charge on any atom is 0.389 e. The number of fused-ring (bicyclic) bond motifs is 1. The lowest BCUT2D eigenvalue weighted by Gasteiger charge is -2.27. The van der Waals surface area contributed by atoms with Crippen LogP contribution in [-0.2, 0) is 14.4 Å². The molecule has 1 fully saturated rings. The standard InChI is InChI=1S/C28H31F3N4O4/c1-18(27-34-20-11-5-6-13-23(20)39-27)32-26(38)21(33-24(36)14-7-15-28(29,30)31)17-25(37)35-16-8-12-22(35)19-9-3-2-4-10-19/h2-6,9-11,13,18,21-22H,7-8,12,14-17H2,1H3,(H,32,38)(H,33,36)/t18-,21-,22+/m0/s1. The van der Waals surface area contributed by atoms with Gasteiger partial charge in [0, 0.05) is 19.4 Å². The van der Waals surface area contributed by atoms with Crippen LogP contribution < -0.4 is 10.6 Å². The van der Waals surface area contributed by atoms with Crippen LogP contribution in [0.15, 0.2) is 59.0 Å². The average Bonchev–Trinajstić information content (AvgIpc) is 3.56. The molecule has 1 aliphatic rings. The highest BCUT2D eigenvalue weighted by Crippen LogP contribution is 2.32. The fourth-order valence-electron chi connectivity index (χ4n) is 4.75. The van der Waals surface area contributed by atoms with Gasteiger partial charge < -0.3 is 20.0 Å². The minimum Gasteiger partial charge on any atom is -0.438 e. The molecule has 0 saturated carbocycles. The second kappa shape index (κ2) is 12.3. The molecule has 11 heteroatoms. The molecule has 39 heavy (non-hydrogen) atoms. The van der Waals surface area contributed by atoms with E-state index in [4.69, 9.17) is 4.42 Å². The first-order valence-corrected chi connectivity index (χ1v) is 13.0. The maximum absolute atomic E-state index is 13.4. The number of para-hydroxylation sites is 2. The third-order valence-electron chi connectivity index (χ3n) is 6.69. The number of carbonyl (C=O) groups excluding carboxylic acids is 3. The molecule has 0 aliphatic carbocycles. The largest absolute Gasteiger partial charge is 0.438 e. The lowest BCUT2D eigenvalue weighted by atomic mass is 10.0. The monoisotopic (exact) mass is 544 g/mol. The number of likely N-dealkylation sites (tertiary alicyclic amines) is 1. The van der Waals surface area contributed by atoms with E-state index < -0.39 is 49.3 Å². The first kappa shape index (κ1) is 28.1. The fourth-order valence-corrected chi connectivity index (χ4v) is 4.75. The molecule has 0 radical (unpaired) electrons. The van der Waals surface area contributed by atoms with Crippen LogP contribution in [0.2, 0.25) is 0 Å². The van der Waals surface area contributed by atoms with E-state index >= 15 is 0 Å². The number of hydrogen-bond acceptors (Lipinski definition) is 5. The zero-order chi connectivity index (χ0) is 28.0. The smallest absolute Gasteiger partial charge is 0.389 e. The number of alkyl halides is 3. The Hall–Kier alpha value is -3.89. The van der Waals surface area contributed by atoms with E-state index in [1.807, 2.05) is 30.3 Å². The predicted molar refractivity (Wildman–Crippen MR) is 137 cm³/mol. The zero-order valence-electron chi connectivity index (χ0n) is 21.5. The Labute approximate surface area is 223 Å². The minimum atomic E-state index is -4.38. The van der Waals surface area contributed by atoms with E-state index in [2.05, 4.69) is 15.6 Å². The van der Waals surface area contributed by atoms with Crippen LogP contribution in [0.3, 0.4) is 0 Å². The number of amides is 3. The van der Waals surface area contributed by atoms with E-state index in [0.29, 0.717) is 17.6 Å². The van der Waals surface area contributed by atoms with Gasteiger partial charge in [0.25, 0.3) is 0 Å². The van der Waals surface area contributed by atoms with Gasteiger partial charge in [-0.3, -0.25) is 14.4 Å². The van der Waals surface area contributed by atoms with Crippen molar-refractivity contribution in [2.75, 3.05) is 6.54 Å². The van der Waals surface area contributed by atoms with Gasteiger partial charge in [0.1, 0.15) is 17.6 Å². The molecule has 8 nitrogen and oxygen atoms in total. The highest BCUT2D eigenvalue weighted by molar-refractivity contribution is 5.92. The van der Waals surface area contributed by atoms with Crippen LogP contribution >= 0.6 is 0 Å². The van der Waals surface area contributed by atoms with Crippen molar-refractivity contribution in [3.05, 3.63) is 66.1 Å². The van der Waals surface area contributed by atoms with Crippen molar-refractivity contribution in [3.8, 4) is 0 Å². The lowest BCUT2D eigenvalue weighted by molar-refractivity contribution is -0.139. The molecule has 0 unspecified atom stereocenters. The van der Waals surface area contributed by atoms with Crippen molar-refractivity contribution >= 4 is 28.8 Å². The number of aromatic nitrogens is 1. The number of rotatable bonds is 10. The summed E-state index contributed by atoms with van der Waals surface area (Å²) in [5, 5.41) is 5.20. The Morgan fingerprint density at radius 2 is 1.79 bits per heavy atom. The number of oxazole rings is 1. The summed E-state index contributed by atoms with van der Waals surface area (Å²) >= 11 is 0. The summed E-state index contributed by atoms with van der Waals surface area (Å²) < 4.78 is 43.3. The van der Waals surface area contributed by atoms with Crippen molar-refractivity contribution in [1.82, 2.24) is 20.5 Å². The molecular formula is C28H31F3N4O4. The lowest BCUT2D eigenvalue weighted by Crippen LogP contribution is -2.50. The molecule has 2 N–H and O–H groups in total. The van der Waals surface area contributed by atoms with Crippen LogP contribution in [0.1, 0.15) is 69.0 Å². The Bertz CT molecular complexity index is 1260. The zero-order valence-corrected chi connectivity index (χ0v) is 21.5. The normalized spacial score (nSPS) is 17.1. The van der Waals surface area contributed by atoms with Gasteiger partial charge in [-0.05, 0) is 43.9 Å². The summed E-state index contributed by atoms with van der Waals surface area (Å²) in [4.78, 5) is 45.2. The van der Waals surface area contributed by atoms with Crippen molar-refractivity contribution in [2.45, 2.75) is 69.8 Å². The van der Waals surface area contributed by atoms with Crippen LogP contribution in [0.5, 0.6) is 0 Å². The number of carbonyl (C=O) groups is 3. The van der Waals surface area contributed by atoms with Gasteiger partial charge in [0.05, 0.1) is 12.5 Å². The molecule has 1 aromatic heterocycles. The Morgan fingerprint density at radius 1 is 1.08 bits per heavy atom. The molecule has 0 spiro atoms. The van der Waals surface area contributed by atoms with E-state index in [9.17, 15) is 27.6 Å². The van der Waals surface area contributed by atoms with Crippen LogP contribution in [0, 0.1) is 0 Å². The van der Waals surface area contributed by atoms with Crippen molar-refractivity contribution in [2.24, 2.45) is 0 Å². The van der Waals surface area contributed by atoms with E-state index in [-0.39, 0.29) is 24.3 Å². The molecule has 1 saturated heterocycles. The summed E-state index contributed by atoms with van der Waals surface area (Å²) in [5.74, 6) is -1.47.